The molecule has 2 aliphatic heterocycles. The number of aryl methyl sites for hydroxylation is 2. The Morgan fingerprint density at radius 1 is 1.08 bits per heavy atom. The van der Waals surface area contributed by atoms with Crippen molar-refractivity contribution >= 4 is 20.9 Å². The van der Waals surface area contributed by atoms with Gasteiger partial charge in [-0.2, -0.15) is 0 Å². The molecule has 0 saturated carbocycles. The number of benzene rings is 2. The van der Waals surface area contributed by atoms with Crippen LogP contribution < -0.4 is 5.32 Å². The van der Waals surface area contributed by atoms with Crippen molar-refractivity contribution in [3.63, 3.8) is 0 Å². The number of nitrogens with one attached hydrogen (secondary N) is 1. The van der Waals surface area contributed by atoms with Gasteiger partial charge in [0.25, 0.3) is 0 Å². The topological polar surface area (TPSA) is 67.2 Å². The molecule has 194 valence electrons. The summed E-state index contributed by atoms with van der Waals surface area (Å²) in [5.41, 5.74) is 5.73. The van der Waals surface area contributed by atoms with Crippen molar-refractivity contribution < 1.29 is 8.42 Å². The monoisotopic (exact) mass is 508 g/mol. The molecule has 1 aromatic heterocycles. The highest BCUT2D eigenvalue weighted by molar-refractivity contribution is 7.90. The van der Waals surface area contributed by atoms with Gasteiger partial charge in [-0.15, -0.1) is 0 Å². The predicted octanol–water partition coefficient (Wildman–Crippen LogP) is 5.05. The molecule has 2 aliphatic rings. The summed E-state index contributed by atoms with van der Waals surface area (Å²) < 4.78 is 25.8. The summed E-state index contributed by atoms with van der Waals surface area (Å²) in [5.74, 6) is 1.45. The Morgan fingerprint density at radius 3 is 2.42 bits per heavy atom. The Morgan fingerprint density at radius 2 is 1.78 bits per heavy atom. The lowest BCUT2D eigenvalue weighted by Gasteiger charge is -2.43. The third kappa shape index (κ3) is 4.98. The molecule has 0 radical (unpaired) electrons. The second kappa shape index (κ2) is 9.92. The van der Waals surface area contributed by atoms with Crippen molar-refractivity contribution in [1.29, 1.82) is 0 Å². The van der Waals surface area contributed by atoms with Crippen molar-refractivity contribution in [1.82, 2.24) is 19.8 Å². The van der Waals surface area contributed by atoms with E-state index in [4.69, 9.17) is 4.98 Å². The number of hydrogen-bond acceptors (Lipinski definition) is 5. The van der Waals surface area contributed by atoms with E-state index in [0.717, 1.165) is 22.4 Å². The van der Waals surface area contributed by atoms with E-state index in [1.807, 2.05) is 12.1 Å². The molecule has 6 nitrogen and oxygen atoms in total. The van der Waals surface area contributed by atoms with Gasteiger partial charge in [0.15, 0.2) is 9.84 Å². The van der Waals surface area contributed by atoms with Crippen LogP contribution in [0.4, 0.5) is 0 Å². The fourth-order valence-electron chi connectivity index (χ4n) is 6.38. The molecule has 5 rings (SSSR count). The molecule has 0 aliphatic carbocycles. The zero-order valence-corrected chi connectivity index (χ0v) is 23.1. The van der Waals surface area contributed by atoms with Gasteiger partial charge in [0.05, 0.1) is 15.9 Å². The van der Waals surface area contributed by atoms with Crippen LogP contribution >= 0.6 is 0 Å². The van der Waals surface area contributed by atoms with E-state index in [1.54, 1.807) is 12.1 Å². The molecule has 0 amide bonds. The van der Waals surface area contributed by atoms with Crippen LogP contribution in [0.5, 0.6) is 0 Å². The van der Waals surface area contributed by atoms with Gasteiger partial charge in [-0.3, -0.25) is 0 Å². The summed E-state index contributed by atoms with van der Waals surface area (Å²) in [4.78, 5) is 8.04. The first-order valence-corrected chi connectivity index (χ1v) is 15.3. The summed E-state index contributed by atoms with van der Waals surface area (Å²) in [6, 6.07) is 13.7. The maximum Gasteiger partial charge on any atom is 0.175 e. The first kappa shape index (κ1) is 25.4. The highest BCUT2D eigenvalue weighted by Crippen LogP contribution is 2.35. The lowest BCUT2D eigenvalue weighted by atomic mass is 9.85. The molecule has 2 saturated heterocycles. The summed E-state index contributed by atoms with van der Waals surface area (Å²) in [6.45, 7) is 9.15. The fourth-order valence-corrected chi connectivity index (χ4v) is 7.01. The SMILES string of the molecule is CCC1CC(N2CCC(c3cc(C)c4nc(-c5ccc(S(C)(=O)=O)cc5)n(C)c4c3)CC2)CC(C)N1. The Bertz CT molecular complexity index is 1340. The maximum atomic E-state index is 11.8. The number of piperidine rings is 2. The van der Waals surface area contributed by atoms with Gasteiger partial charge >= 0.3 is 0 Å². The lowest BCUT2D eigenvalue weighted by molar-refractivity contribution is 0.0984. The van der Waals surface area contributed by atoms with Crippen molar-refractivity contribution in [2.45, 2.75) is 81.8 Å². The highest BCUT2D eigenvalue weighted by Gasteiger charge is 2.32. The minimum Gasteiger partial charge on any atom is -0.327 e. The number of imidazole rings is 1. The molecule has 7 heteroatoms. The van der Waals surface area contributed by atoms with E-state index >= 15 is 0 Å². The molecule has 3 unspecified atom stereocenters. The van der Waals surface area contributed by atoms with E-state index in [2.05, 4.69) is 54.7 Å². The third-order valence-electron chi connectivity index (χ3n) is 8.45. The minimum atomic E-state index is -3.21. The molecular formula is C29H40N4O2S. The maximum absolute atomic E-state index is 11.8. The molecule has 1 N–H and O–H groups in total. The van der Waals surface area contributed by atoms with Crippen molar-refractivity contribution in [3.8, 4) is 11.4 Å². The van der Waals surface area contributed by atoms with Crippen molar-refractivity contribution in [2.24, 2.45) is 7.05 Å². The van der Waals surface area contributed by atoms with Gasteiger partial charge in [0.2, 0.25) is 0 Å². The molecule has 3 heterocycles. The summed E-state index contributed by atoms with van der Waals surface area (Å²) in [5, 5.41) is 3.76. The highest BCUT2D eigenvalue weighted by atomic mass is 32.2. The van der Waals surface area contributed by atoms with Crippen LogP contribution in [0.1, 0.15) is 63.0 Å². The molecule has 2 fully saturated rings. The number of rotatable bonds is 5. The van der Waals surface area contributed by atoms with Crippen LogP contribution in [-0.4, -0.2) is 60.3 Å². The third-order valence-corrected chi connectivity index (χ3v) is 9.58. The van der Waals surface area contributed by atoms with Crippen LogP contribution in [0.3, 0.4) is 0 Å². The van der Waals surface area contributed by atoms with Crippen LogP contribution in [0, 0.1) is 6.92 Å². The first-order valence-electron chi connectivity index (χ1n) is 13.4. The van der Waals surface area contributed by atoms with Gasteiger partial charge in [-0.1, -0.05) is 13.0 Å². The van der Waals surface area contributed by atoms with E-state index in [0.29, 0.717) is 28.9 Å². The van der Waals surface area contributed by atoms with Gasteiger partial charge < -0.3 is 14.8 Å². The zero-order valence-electron chi connectivity index (χ0n) is 22.3. The first-order chi connectivity index (χ1) is 17.1. The second-order valence-corrected chi connectivity index (χ2v) is 13.1. The summed E-state index contributed by atoms with van der Waals surface area (Å²) in [7, 11) is -1.15. The lowest BCUT2D eigenvalue weighted by Crippen LogP contribution is -2.53. The molecule has 0 spiro atoms. The zero-order chi connectivity index (χ0) is 25.6. The molecule has 3 atom stereocenters. The van der Waals surface area contributed by atoms with Crippen LogP contribution in [0.15, 0.2) is 41.3 Å². The Balaban J connectivity index is 1.35. The smallest absolute Gasteiger partial charge is 0.175 e. The van der Waals surface area contributed by atoms with Crippen molar-refractivity contribution in [2.75, 3.05) is 19.3 Å². The van der Waals surface area contributed by atoms with Gasteiger partial charge in [-0.05, 0) is 106 Å². The number of fused-ring (bicyclic) bond motifs is 1. The molecular weight excluding hydrogens is 468 g/mol. The number of sulfone groups is 1. The van der Waals surface area contributed by atoms with E-state index in [1.165, 1.54) is 62.6 Å². The second-order valence-electron chi connectivity index (χ2n) is 11.1. The molecule has 0 bridgehead atoms. The molecule has 3 aromatic rings. The van der Waals surface area contributed by atoms with Gasteiger partial charge in [0, 0.05) is 37.0 Å². The van der Waals surface area contributed by atoms with E-state index in [-0.39, 0.29) is 0 Å². The summed E-state index contributed by atoms with van der Waals surface area (Å²) in [6.07, 6.45) is 7.40. The van der Waals surface area contributed by atoms with E-state index < -0.39 is 9.84 Å². The number of likely N-dealkylation sites (tertiary alicyclic amines) is 1. The van der Waals surface area contributed by atoms with E-state index in [9.17, 15) is 8.42 Å². The number of hydrogen-bond donors (Lipinski definition) is 1. The Labute approximate surface area is 216 Å². The number of nitrogens with zero attached hydrogens (tertiary/aromatic N) is 3. The average molecular weight is 509 g/mol. The number of aromatic nitrogens is 2. The summed E-state index contributed by atoms with van der Waals surface area (Å²) >= 11 is 0. The predicted molar refractivity (Wildman–Crippen MR) is 147 cm³/mol. The molecule has 36 heavy (non-hydrogen) atoms. The quantitative estimate of drug-likeness (QED) is 0.522. The van der Waals surface area contributed by atoms with Crippen LogP contribution in [0.2, 0.25) is 0 Å². The minimum absolute atomic E-state index is 0.332. The average Bonchev–Trinajstić information content (AvgIpc) is 3.20. The molecule has 2 aromatic carbocycles. The largest absolute Gasteiger partial charge is 0.327 e. The van der Waals surface area contributed by atoms with Gasteiger partial charge in [-0.25, -0.2) is 13.4 Å². The normalized spacial score (nSPS) is 24.4. The standard InChI is InChI=1S/C29H40N4O2S/c1-6-24-18-25(16-20(3)30-24)33-13-11-21(12-14-33)23-15-19(2)28-27(17-23)32(4)29(31-28)22-7-9-26(10-8-22)36(5,34)35/h7-10,15,17,20-21,24-25,30H,6,11-14,16,18H2,1-5H3. The Hall–Kier alpha value is -2.22. The van der Waals surface area contributed by atoms with Crippen LogP contribution in [0.25, 0.3) is 22.4 Å². The van der Waals surface area contributed by atoms with Crippen molar-refractivity contribution in [3.05, 3.63) is 47.5 Å². The van der Waals surface area contributed by atoms with Crippen LogP contribution in [-0.2, 0) is 16.9 Å². The Kier molecular flexibility index (Phi) is 7.01. The fraction of sp³-hybridized carbons (Fsp3) is 0.552. The van der Waals surface area contributed by atoms with Gasteiger partial charge in [0.1, 0.15) is 5.82 Å².